The third-order valence-electron chi connectivity index (χ3n) is 3.76. The zero-order chi connectivity index (χ0) is 17.8. The third-order valence-corrected chi connectivity index (χ3v) is 3.76. The second-order valence-corrected chi connectivity index (χ2v) is 5.22. The van der Waals surface area contributed by atoms with E-state index < -0.39 is 0 Å². The van der Waals surface area contributed by atoms with E-state index in [2.05, 4.69) is 10.3 Å². The number of nitrogens with one attached hydrogen (secondary N) is 1. The molecule has 1 amide bonds. The van der Waals surface area contributed by atoms with Crippen LogP contribution in [-0.2, 0) is 0 Å². The van der Waals surface area contributed by atoms with Crippen LogP contribution >= 0.6 is 0 Å². The molecule has 1 heterocycles. The van der Waals surface area contributed by atoms with Crippen molar-refractivity contribution in [3.05, 3.63) is 54.2 Å². The molecule has 3 aromatic rings. The molecular weight excluding hydrogens is 320 g/mol. The number of hydrogen-bond acceptors (Lipinski definition) is 5. The second kappa shape index (κ2) is 7.09. The largest absolute Gasteiger partial charge is 0.493 e. The highest BCUT2D eigenvalue weighted by molar-refractivity contribution is 6.03. The third kappa shape index (κ3) is 3.19. The first-order valence-electron chi connectivity index (χ1n) is 7.67. The van der Waals surface area contributed by atoms with E-state index in [0.717, 1.165) is 0 Å². The fraction of sp³-hybridized carbons (Fsp3) is 0.158. The lowest BCUT2D eigenvalue weighted by Gasteiger charge is -2.15. The molecule has 0 spiro atoms. The molecule has 0 bridgehead atoms. The predicted octanol–water partition coefficient (Wildman–Crippen LogP) is 3.40. The molecule has 0 radical (unpaired) electrons. The van der Waals surface area contributed by atoms with E-state index in [0.29, 0.717) is 39.5 Å². The Labute approximate surface area is 145 Å². The molecule has 6 nitrogen and oxygen atoms in total. The van der Waals surface area contributed by atoms with Crippen LogP contribution in [0.1, 0.15) is 10.4 Å². The van der Waals surface area contributed by atoms with Crippen molar-refractivity contribution in [1.29, 1.82) is 0 Å². The Kier molecular flexibility index (Phi) is 4.70. The number of carbonyl (C=O) groups is 1. The van der Waals surface area contributed by atoms with Crippen molar-refractivity contribution in [3.63, 3.8) is 0 Å². The molecule has 0 aliphatic rings. The number of hydrogen-bond donors (Lipinski definition) is 1. The summed E-state index contributed by atoms with van der Waals surface area (Å²) in [5.74, 6) is 1.84. The lowest BCUT2D eigenvalue weighted by atomic mass is 10.1. The molecule has 2 aromatic carbocycles. The van der Waals surface area contributed by atoms with Gasteiger partial charge in [0, 0.05) is 24.7 Å². The van der Waals surface area contributed by atoms with Crippen LogP contribution in [0.5, 0.6) is 23.0 Å². The van der Waals surface area contributed by atoms with Crippen LogP contribution in [0, 0.1) is 0 Å². The van der Waals surface area contributed by atoms with Crippen LogP contribution < -0.4 is 19.5 Å². The van der Waals surface area contributed by atoms with Crippen LogP contribution in [0.3, 0.4) is 0 Å². The number of rotatable bonds is 5. The molecule has 0 saturated heterocycles. The molecule has 0 fully saturated rings. The first kappa shape index (κ1) is 16.6. The van der Waals surface area contributed by atoms with Gasteiger partial charge in [0.2, 0.25) is 0 Å². The quantitative estimate of drug-likeness (QED) is 0.772. The normalized spacial score (nSPS) is 10.4. The maximum Gasteiger partial charge on any atom is 0.256 e. The van der Waals surface area contributed by atoms with E-state index in [9.17, 15) is 4.79 Å². The maximum absolute atomic E-state index is 12.3. The summed E-state index contributed by atoms with van der Waals surface area (Å²) in [5, 5.41) is 3.26. The number of methoxy groups -OCH3 is 2. The van der Waals surface area contributed by atoms with E-state index in [4.69, 9.17) is 14.2 Å². The van der Waals surface area contributed by atoms with Crippen molar-refractivity contribution in [1.82, 2.24) is 10.3 Å². The highest BCUT2D eigenvalue weighted by atomic mass is 16.5. The van der Waals surface area contributed by atoms with Crippen LogP contribution in [0.4, 0.5) is 0 Å². The van der Waals surface area contributed by atoms with Crippen molar-refractivity contribution in [2.24, 2.45) is 0 Å². The molecule has 0 saturated carbocycles. The maximum atomic E-state index is 12.3. The summed E-state index contributed by atoms with van der Waals surface area (Å²) < 4.78 is 16.7. The smallest absolute Gasteiger partial charge is 0.256 e. The molecule has 0 aliphatic carbocycles. The topological polar surface area (TPSA) is 69.7 Å². The summed E-state index contributed by atoms with van der Waals surface area (Å²) in [6, 6.07) is 12.8. The van der Waals surface area contributed by atoms with Crippen molar-refractivity contribution in [2.75, 3.05) is 21.3 Å². The number of nitrogens with zero attached hydrogens (tertiary/aromatic N) is 1. The summed E-state index contributed by atoms with van der Waals surface area (Å²) in [5.41, 5.74) is 0.974. The van der Waals surface area contributed by atoms with Crippen LogP contribution in [0.25, 0.3) is 10.9 Å². The Morgan fingerprint density at radius 3 is 2.36 bits per heavy atom. The first-order chi connectivity index (χ1) is 12.2. The number of pyridine rings is 1. The molecule has 1 N–H and O–H groups in total. The Morgan fingerprint density at radius 1 is 1.04 bits per heavy atom. The first-order valence-corrected chi connectivity index (χ1v) is 7.67. The Morgan fingerprint density at radius 2 is 1.72 bits per heavy atom. The summed E-state index contributed by atoms with van der Waals surface area (Å²) in [7, 11) is 4.68. The van der Waals surface area contributed by atoms with E-state index in [1.807, 2.05) is 30.3 Å². The number of amides is 1. The minimum absolute atomic E-state index is 0.282. The molecule has 0 unspecified atom stereocenters. The van der Waals surface area contributed by atoms with Crippen LogP contribution in [0.15, 0.2) is 48.7 Å². The van der Waals surface area contributed by atoms with Gasteiger partial charge in [-0.25, -0.2) is 0 Å². The SMILES string of the molecule is CNC(=O)c1cnc2cc(OC)c(OC)cc2c1Oc1ccccc1. The van der Waals surface area contributed by atoms with Gasteiger partial charge in [-0.2, -0.15) is 0 Å². The van der Waals surface area contributed by atoms with Gasteiger partial charge in [0.05, 0.1) is 19.7 Å². The highest BCUT2D eigenvalue weighted by Crippen LogP contribution is 2.38. The fourth-order valence-corrected chi connectivity index (χ4v) is 2.51. The lowest BCUT2D eigenvalue weighted by molar-refractivity contribution is 0.0960. The summed E-state index contributed by atoms with van der Waals surface area (Å²) in [6.45, 7) is 0. The zero-order valence-corrected chi connectivity index (χ0v) is 14.2. The zero-order valence-electron chi connectivity index (χ0n) is 14.2. The number of fused-ring (bicyclic) bond motifs is 1. The number of aromatic nitrogens is 1. The Balaban J connectivity index is 2.25. The molecule has 0 atom stereocenters. The van der Waals surface area contributed by atoms with E-state index in [1.54, 1.807) is 33.4 Å². The van der Waals surface area contributed by atoms with Crippen molar-refractivity contribution in [2.45, 2.75) is 0 Å². The molecule has 1 aromatic heterocycles. The minimum atomic E-state index is -0.282. The van der Waals surface area contributed by atoms with Gasteiger partial charge in [-0.1, -0.05) is 18.2 Å². The number of carbonyl (C=O) groups excluding carboxylic acids is 1. The lowest BCUT2D eigenvalue weighted by Crippen LogP contribution is -2.19. The van der Waals surface area contributed by atoms with Crippen LogP contribution in [-0.4, -0.2) is 32.2 Å². The average molecular weight is 338 g/mol. The predicted molar refractivity (Wildman–Crippen MR) is 94.8 cm³/mol. The molecule has 0 aliphatic heterocycles. The van der Waals surface area contributed by atoms with Crippen molar-refractivity contribution < 1.29 is 19.0 Å². The van der Waals surface area contributed by atoms with Gasteiger partial charge in [-0.05, 0) is 18.2 Å². The number of benzene rings is 2. The van der Waals surface area contributed by atoms with E-state index >= 15 is 0 Å². The number of para-hydroxylation sites is 1. The minimum Gasteiger partial charge on any atom is -0.493 e. The van der Waals surface area contributed by atoms with Crippen molar-refractivity contribution in [3.8, 4) is 23.0 Å². The monoisotopic (exact) mass is 338 g/mol. The Bertz CT molecular complexity index is 910. The van der Waals surface area contributed by atoms with Crippen LogP contribution in [0.2, 0.25) is 0 Å². The fourth-order valence-electron chi connectivity index (χ4n) is 2.51. The molecule has 128 valence electrons. The average Bonchev–Trinajstić information content (AvgIpc) is 2.67. The van der Waals surface area contributed by atoms with E-state index in [1.165, 1.54) is 6.20 Å². The molecule has 6 heteroatoms. The molecule has 25 heavy (non-hydrogen) atoms. The van der Waals surface area contributed by atoms with Gasteiger partial charge in [0.15, 0.2) is 17.2 Å². The van der Waals surface area contributed by atoms with Gasteiger partial charge >= 0.3 is 0 Å². The summed E-state index contributed by atoms with van der Waals surface area (Å²) >= 11 is 0. The van der Waals surface area contributed by atoms with Gasteiger partial charge in [0.1, 0.15) is 11.3 Å². The summed E-state index contributed by atoms with van der Waals surface area (Å²) in [6.07, 6.45) is 1.49. The second-order valence-electron chi connectivity index (χ2n) is 5.22. The van der Waals surface area contributed by atoms with Gasteiger partial charge in [-0.15, -0.1) is 0 Å². The van der Waals surface area contributed by atoms with Gasteiger partial charge in [-0.3, -0.25) is 9.78 Å². The summed E-state index contributed by atoms with van der Waals surface area (Å²) in [4.78, 5) is 16.6. The standard InChI is InChI=1S/C19H18N2O4/c1-20-19(22)14-11-21-15-10-17(24-3)16(23-2)9-13(15)18(14)25-12-7-5-4-6-8-12/h4-11H,1-3H3,(H,20,22). The molecular formula is C19H18N2O4. The highest BCUT2D eigenvalue weighted by Gasteiger charge is 2.19. The van der Waals surface area contributed by atoms with E-state index in [-0.39, 0.29) is 5.91 Å². The Hall–Kier alpha value is -3.28. The van der Waals surface area contributed by atoms with Crippen molar-refractivity contribution >= 4 is 16.8 Å². The molecule has 3 rings (SSSR count). The number of ether oxygens (including phenoxy) is 3. The van der Waals surface area contributed by atoms with Gasteiger partial charge in [0.25, 0.3) is 5.91 Å². The van der Waals surface area contributed by atoms with Gasteiger partial charge < -0.3 is 19.5 Å².